The van der Waals surface area contributed by atoms with Crippen LogP contribution in [0.15, 0.2) is 78.6 Å². The molecule has 1 aromatic carbocycles. The molecule has 5 rings (SSSR count). The van der Waals surface area contributed by atoms with E-state index in [4.69, 9.17) is 13.8 Å². The minimum Gasteiger partial charge on any atom is -0.467 e. The summed E-state index contributed by atoms with van der Waals surface area (Å²) >= 11 is 3.21. The SMILES string of the molecule is Cc1ccc(Sc2ccc(C=Nc3sc4c(c3C(=O)NCc3ccco3)CC[C@H](C(C)(C)C)C4)o2)cc1. The fourth-order valence-electron chi connectivity index (χ4n) is 4.61. The molecule has 0 fully saturated rings. The molecule has 1 aliphatic carbocycles. The van der Waals surface area contributed by atoms with E-state index in [9.17, 15) is 4.79 Å². The van der Waals surface area contributed by atoms with Gasteiger partial charge in [-0.05, 0) is 79.5 Å². The van der Waals surface area contributed by atoms with Crippen molar-refractivity contribution in [2.24, 2.45) is 16.3 Å². The highest BCUT2D eigenvalue weighted by Gasteiger charge is 2.33. The van der Waals surface area contributed by atoms with Crippen molar-refractivity contribution in [2.45, 2.75) is 63.5 Å². The van der Waals surface area contributed by atoms with Gasteiger partial charge in [-0.25, -0.2) is 4.99 Å². The maximum Gasteiger partial charge on any atom is 0.255 e. The topological polar surface area (TPSA) is 67.7 Å². The molecular weight excluding hydrogens is 500 g/mol. The molecule has 0 saturated carbocycles. The standard InChI is InChI=1S/C30H32N2O3S2/c1-19-7-11-23(12-8-19)36-26-14-10-22(35-26)18-32-29-27(28(33)31-17-21-6-5-15-34-21)24-13-9-20(30(2,3)4)16-25(24)37-29/h5-8,10-12,14-15,18,20H,9,13,16-17H2,1-4H3,(H,31,33)/t20-/m0/s1. The second kappa shape index (κ2) is 10.8. The van der Waals surface area contributed by atoms with Gasteiger partial charge >= 0.3 is 0 Å². The molecule has 3 aromatic heterocycles. The lowest BCUT2D eigenvalue weighted by Crippen LogP contribution is -2.28. The number of aliphatic imine (C=N–C) groups is 1. The van der Waals surface area contributed by atoms with Crippen LogP contribution in [0.4, 0.5) is 5.00 Å². The van der Waals surface area contributed by atoms with Crippen LogP contribution in [-0.2, 0) is 19.4 Å². The molecule has 0 unspecified atom stereocenters. The van der Waals surface area contributed by atoms with E-state index in [1.807, 2.05) is 24.3 Å². The molecule has 0 aliphatic heterocycles. The third-order valence-corrected chi connectivity index (χ3v) is 8.94. The molecule has 37 heavy (non-hydrogen) atoms. The number of amides is 1. The average molecular weight is 533 g/mol. The molecule has 4 aromatic rings. The summed E-state index contributed by atoms with van der Waals surface area (Å²) < 4.78 is 11.4. The van der Waals surface area contributed by atoms with Crippen LogP contribution >= 0.6 is 23.1 Å². The van der Waals surface area contributed by atoms with E-state index in [-0.39, 0.29) is 11.3 Å². The average Bonchev–Trinajstić information content (AvgIpc) is 3.61. The number of furan rings is 2. The van der Waals surface area contributed by atoms with Gasteiger partial charge in [-0.1, -0.05) is 50.2 Å². The van der Waals surface area contributed by atoms with Crippen LogP contribution in [0.2, 0.25) is 0 Å². The first kappa shape index (κ1) is 25.6. The smallest absolute Gasteiger partial charge is 0.255 e. The first-order chi connectivity index (χ1) is 17.8. The lowest BCUT2D eigenvalue weighted by atomic mass is 9.72. The lowest BCUT2D eigenvalue weighted by Gasteiger charge is -2.33. The van der Waals surface area contributed by atoms with Gasteiger partial charge in [0.05, 0.1) is 24.6 Å². The Balaban J connectivity index is 1.38. The number of nitrogens with zero attached hydrogens (tertiary/aromatic N) is 1. The summed E-state index contributed by atoms with van der Waals surface area (Å²) in [6.45, 7) is 9.33. The van der Waals surface area contributed by atoms with Crippen molar-refractivity contribution in [3.05, 3.63) is 87.9 Å². The first-order valence-electron chi connectivity index (χ1n) is 12.6. The molecule has 1 atom stereocenters. The molecule has 1 aliphatic rings. The van der Waals surface area contributed by atoms with E-state index < -0.39 is 0 Å². The van der Waals surface area contributed by atoms with Gasteiger partial charge in [-0.2, -0.15) is 0 Å². The number of carbonyl (C=O) groups excluding carboxylic acids is 1. The Bertz CT molecular complexity index is 1390. The van der Waals surface area contributed by atoms with Crippen LogP contribution in [0.25, 0.3) is 0 Å². The highest BCUT2D eigenvalue weighted by atomic mass is 32.2. The lowest BCUT2D eigenvalue weighted by molar-refractivity contribution is 0.0947. The Morgan fingerprint density at radius 2 is 2.00 bits per heavy atom. The minimum absolute atomic E-state index is 0.106. The summed E-state index contributed by atoms with van der Waals surface area (Å²) in [7, 11) is 0. The van der Waals surface area contributed by atoms with Gasteiger partial charge in [-0.15, -0.1) is 11.3 Å². The number of nitrogens with one attached hydrogen (secondary N) is 1. The Labute approximate surface area is 226 Å². The predicted molar refractivity (Wildman–Crippen MR) is 150 cm³/mol. The molecule has 1 amide bonds. The number of rotatable bonds is 7. The molecule has 3 heterocycles. The third kappa shape index (κ3) is 6.11. The van der Waals surface area contributed by atoms with E-state index in [0.29, 0.717) is 23.8 Å². The third-order valence-electron chi connectivity index (χ3n) is 6.85. The molecule has 0 bridgehead atoms. The van der Waals surface area contributed by atoms with E-state index in [1.54, 1.807) is 35.6 Å². The molecule has 7 heteroatoms. The number of hydrogen-bond donors (Lipinski definition) is 1. The van der Waals surface area contributed by atoms with Crippen LogP contribution in [-0.4, -0.2) is 12.1 Å². The summed E-state index contributed by atoms with van der Waals surface area (Å²) in [5.41, 5.74) is 3.29. The molecule has 5 nitrogen and oxygen atoms in total. The number of carbonyl (C=O) groups is 1. The Morgan fingerprint density at radius 3 is 2.73 bits per heavy atom. The molecule has 192 valence electrons. The van der Waals surface area contributed by atoms with E-state index >= 15 is 0 Å². The zero-order valence-corrected chi connectivity index (χ0v) is 23.3. The van der Waals surface area contributed by atoms with Gasteiger partial charge in [0.25, 0.3) is 5.91 Å². The van der Waals surface area contributed by atoms with E-state index in [0.717, 1.165) is 45.6 Å². The second-order valence-corrected chi connectivity index (χ2v) is 12.7. The Hall–Kier alpha value is -3.03. The summed E-state index contributed by atoms with van der Waals surface area (Å²) in [4.78, 5) is 20.5. The molecule has 1 N–H and O–H groups in total. The quantitative estimate of drug-likeness (QED) is 0.243. The number of aryl methyl sites for hydroxylation is 1. The number of fused-ring (bicyclic) bond motifs is 1. The summed E-state index contributed by atoms with van der Waals surface area (Å²) in [6.07, 6.45) is 6.29. The van der Waals surface area contributed by atoms with Gasteiger partial charge in [0, 0.05) is 9.77 Å². The van der Waals surface area contributed by atoms with Gasteiger partial charge in [0.1, 0.15) is 16.5 Å². The van der Waals surface area contributed by atoms with Crippen LogP contribution in [0.3, 0.4) is 0 Å². The van der Waals surface area contributed by atoms with Gasteiger partial charge in [-0.3, -0.25) is 4.79 Å². The van der Waals surface area contributed by atoms with Crippen LogP contribution in [0.1, 0.15) is 65.1 Å². The van der Waals surface area contributed by atoms with Crippen molar-refractivity contribution in [3.8, 4) is 0 Å². The molecule has 0 saturated heterocycles. The zero-order chi connectivity index (χ0) is 26.0. The molecular formula is C30H32N2O3S2. The highest BCUT2D eigenvalue weighted by molar-refractivity contribution is 7.99. The fraction of sp³-hybridized carbons (Fsp3) is 0.333. The summed E-state index contributed by atoms with van der Waals surface area (Å²) in [6, 6.07) is 15.9. The summed E-state index contributed by atoms with van der Waals surface area (Å²) in [5.74, 6) is 1.87. The Kier molecular flexibility index (Phi) is 7.45. The number of hydrogen-bond acceptors (Lipinski definition) is 6. The zero-order valence-electron chi connectivity index (χ0n) is 21.7. The largest absolute Gasteiger partial charge is 0.467 e. The van der Waals surface area contributed by atoms with Crippen LogP contribution in [0, 0.1) is 18.3 Å². The van der Waals surface area contributed by atoms with Crippen molar-refractivity contribution in [3.63, 3.8) is 0 Å². The Morgan fingerprint density at radius 1 is 1.19 bits per heavy atom. The number of thiophene rings is 1. The van der Waals surface area contributed by atoms with Crippen LogP contribution in [0.5, 0.6) is 0 Å². The van der Waals surface area contributed by atoms with E-state index in [2.05, 4.69) is 57.3 Å². The number of benzene rings is 1. The summed E-state index contributed by atoms with van der Waals surface area (Å²) in [5, 5.41) is 4.57. The van der Waals surface area contributed by atoms with Gasteiger partial charge < -0.3 is 14.2 Å². The normalized spacial score (nSPS) is 15.7. The minimum atomic E-state index is -0.106. The van der Waals surface area contributed by atoms with Crippen molar-refractivity contribution in [2.75, 3.05) is 0 Å². The fourth-order valence-corrected chi connectivity index (χ4v) is 6.66. The van der Waals surface area contributed by atoms with Crippen molar-refractivity contribution in [1.29, 1.82) is 0 Å². The molecule has 0 spiro atoms. The van der Waals surface area contributed by atoms with Crippen molar-refractivity contribution in [1.82, 2.24) is 5.32 Å². The van der Waals surface area contributed by atoms with E-state index in [1.165, 1.54) is 10.4 Å². The maximum atomic E-state index is 13.4. The van der Waals surface area contributed by atoms with Crippen molar-refractivity contribution < 1.29 is 13.6 Å². The second-order valence-electron chi connectivity index (χ2n) is 10.6. The van der Waals surface area contributed by atoms with Crippen molar-refractivity contribution >= 4 is 40.2 Å². The van der Waals surface area contributed by atoms with Crippen LogP contribution < -0.4 is 5.32 Å². The predicted octanol–water partition coefficient (Wildman–Crippen LogP) is 8.23. The maximum absolute atomic E-state index is 13.4. The monoisotopic (exact) mass is 532 g/mol. The van der Waals surface area contributed by atoms with Gasteiger partial charge in [0.15, 0.2) is 5.09 Å². The first-order valence-corrected chi connectivity index (χ1v) is 14.2. The highest BCUT2D eigenvalue weighted by Crippen LogP contribution is 2.45. The molecule has 0 radical (unpaired) electrons. The van der Waals surface area contributed by atoms with Gasteiger partial charge in [0.2, 0.25) is 0 Å².